The van der Waals surface area contributed by atoms with Crippen molar-refractivity contribution in [2.45, 2.75) is 173 Å². The molecule has 5 heteroatoms. The zero-order valence-corrected chi connectivity index (χ0v) is 25.1. The highest BCUT2D eigenvalue weighted by Gasteiger charge is 2.20. The molecule has 0 aliphatic heterocycles. The van der Waals surface area contributed by atoms with Crippen molar-refractivity contribution >= 4 is 5.91 Å². The second-order valence-corrected chi connectivity index (χ2v) is 11.1. The third-order valence-corrected chi connectivity index (χ3v) is 7.24. The molecule has 1 amide bonds. The molecule has 0 rings (SSSR count). The summed E-state index contributed by atoms with van der Waals surface area (Å²) < 4.78 is 0. The fourth-order valence-electron chi connectivity index (χ4n) is 4.71. The minimum atomic E-state index is -0.944. The lowest BCUT2D eigenvalue weighted by molar-refractivity contribution is -0.124. The summed E-state index contributed by atoms with van der Waals surface area (Å²) in [5, 5.41) is 32.8. The first-order chi connectivity index (χ1) is 18.5. The molecule has 4 N–H and O–H groups in total. The number of hydrogen-bond donors (Lipinski definition) is 4. The van der Waals surface area contributed by atoms with Crippen LogP contribution in [0.2, 0.25) is 0 Å². The summed E-state index contributed by atoms with van der Waals surface area (Å²) in [5.41, 5.74) is 0. The van der Waals surface area contributed by atoms with Gasteiger partial charge in [-0.2, -0.15) is 0 Å². The van der Waals surface area contributed by atoms with E-state index in [0.717, 1.165) is 32.1 Å². The number of amides is 1. The molecule has 3 atom stereocenters. The molecule has 3 unspecified atom stereocenters. The number of unbranched alkanes of at least 4 members (excludes halogenated alkanes) is 17. The maximum atomic E-state index is 12.3. The lowest BCUT2D eigenvalue weighted by atomic mass is 10.0. The van der Waals surface area contributed by atoms with Gasteiger partial charge in [0.15, 0.2) is 0 Å². The van der Waals surface area contributed by atoms with E-state index in [1.54, 1.807) is 6.08 Å². The van der Waals surface area contributed by atoms with Gasteiger partial charge in [0, 0.05) is 0 Å². The van der Waals surface area contributed by atoms with Crippen molar-refractivity contribution in [2.24, 2.45) is 0 Å². The number of carbonyl (C=O) groups excluding carboxylic acids is 1. The highest BCUT2D eigenvalue weighted by molar-refractivity contribution is 5.76. The molecule has 224 valence electrons. The summed E-state index contributed by atoms with van der Waals surface area (Å²) >= 11 is 0. The number of nitrogens with one attached hydrogen (secondary N) is 1. The average Bonchev–Trinajstić information content (AvgIpc) is 2.90. The van der Waals surface area contributed by atoms with E-state index < -0.39 is 18.2 Å². The fourth-order valence-corrected chi connectivity index (χ4v) is 4.71. The van der Waals surface area contributed by atoms with E-state index in [-0.39, 0.29) is 18.9 Å². The molecule has 0 spiro atoms. The van der Waals surface area contributed by atoms with Gasteiger partial charge in [0.05, 0.1) is 31.3 Å². The van der Waals surface area contributed by atoms with Crippen LogP contribution in [-0.2, 0) is 4.79 Å². The Balaban J connectivity index is 3.78. The first kappa shape index (κ1) is 36.8. The minimum absolute atomic E-state index is 0.00814. The summed E-state index contributed by atoms with van der Waals surface area (Å²) in [4.78, 5) is 12.3. The van der Waals surface area contributed by atoms with Crippen molar-refractivity contribution in [1.82, 2.24) is 5.32 Å². The Hall–Kier alpha value is -1.17. The Morgan fingerprint density at radius 2 is 1.13 bits per heavy atom. The number of aliphatic hydroxyl groups is 3. The third kappa shape index (κ3) is 25.1. The van der Waals surface area contributed by atoms with Gasteiger partial charge in [-0.3, -0.25) is 4.79 Å². The Labute approximate surface area is 235 Å². The van der Waals surface area contributed by atoms with Crippen LogP contribution in [0.1, 0.15) is 155 Å². The van der Waals surface area contributed by atoms with Gasteiger partial charge in [-0.25, -0.2) is 0 Å². The van der Waals surface area contributed by atoms with E-state index in [1.165, 1.54) is 96.3 Å². The number of rotatable bonds is 28. The van der Waals surface area contributed by atoms with E-state index >= 15 is 0 Å². The van der Waals surface area contributed by atoms with Gasteiger partial charge in [-0.15, -0.1) is 0 Å². The minimum Gasteiger partial charge on any atom is -0.394 e. The monoisotopic (exact) mass is 537 g/mol. The second-order valence-electron chi connectivity index (χ2n) is 11.1. The third-order valence-electron chi connectivity index (χ3n) is 7.24. The largest absolute Gasteiger partial charge is 0.394 e. The summed E-state index contributed by atoms with van der Waals surface area (Å²) in [7, 11) is 0. The van der Waals surface area contributed by atoms with Crippen LogP contribution in [0.5, 0.6) is 0 Å². The second kappa shape index (κ2) is 28.8. The molecule has 0 aliphatic carbocycles. The Bertz CT molecular complexity index is 563. The van der Waals surface area contributed by atoms with Gasteiger partial charge in [0.1, 0.15) is 0 Å². The van der Waals surface area contributed by atoms with E-state index in [1.807, 2.05) is 6.08 Å². The first-order valence-corrected chi connectivity index (χ1v) is 16.1. The zero-order chi connectivity index (χ0) is 28.1. The van der Waals surface area contributed by atoms with Crippen molar-refractivity contribution < 1.29 is 20.1 Å². The van der Waals surface area contributed by atoms with Crippen LogP contribution in [-0.4, -0.2) is 46.1 Å². The van der Waals surface area contributed by atoms with Crippen LogP contribution in [0.3, 0.4) is 0 Å². The highest BCUT2D eigenvalue weighted by Crippen LogP contribution is 2.14. The van der Waals surface area contributed by atoms with Crippen LogP contribution < -0.4 is 5.32 Å². The normalized spacial score (nSPS) is 14.3. The quantitative estimate of drug-likeness (QED) is 0.0603. The highest BCUT2D eigenvalue weighted by atomic mass is 16.3. The molecule has 0 heterocycles. The SMILES string of the molecule is CCCCC/C=C/CC/C=C/C(O)C(CO)NC(=O)CC(O)CCCCCCCCCCCCCCCC. The molecule has 0 aromatic carbocycles. The Kier molecular flexibility index (Phi) is 27.9. The molecule has 0 saturated carbocycles. The summed E-state index contributed by atoms with van der Waals surface area (Å²) in [5.74, 6) is -0.329. The molecule has 0 bridgehead atoms. The molecule has 38 heavy (non-hydrogen) atoms. The molecular formula is C33H63NO4. The van der Waals surface area contributed by atoms with Crippen molar-refractivity contribution in [3.05, 3.63) is 24.3 Å². The van der Waals surface area contributed by atoms with Crippen molar-refractivity contribution in [1.29, 1.82) is 0 Å². The summed E-state index contributed by atoms with van der Waals surface area (Å²) in [6.07, 6.45) is 31.6. The Morgan fingerprint density at radius 1 is 0.658 bits per heavy atom. The van der Waals surface area contributed by atoms with Crippen LogP contribution >= 0.6 is 0 Å². The maximum Gasteiger partial charge on any atom is 0.222 e. The van der Waals surface area contributed by atoms with E-state index in [9.17, 15) is 20.1 Å². The van der Waals surface area contributed by atoms with Crippen molar-refractivity contribution in [3.63, 3.8) is 0 Å². The van der Waals surface area contributed by atoms with Gasteiger partial charge >= 0.3 is 0 Å². The fraction of sp³-hybridized carbons (Fsp3) is 0.848. The molecule has 0 aromatic heterocycles. The lowest BCUT2D eigenvalue weighted by Crippen LogP contribution is -2.45. The van der Waals surface area contributed by atoms with Gasteiger partial charge < -0.3 is 20.6 Å². The lowest BCUT2D eigenvalue weighted by Gasteiger charge is -2.21. The molecule has 0 radical (unpaired) electrons. The van der Waals surface area contributed by atoms with Crippen molar-refractivity contribution in [3.8, 4) is 0 Å². The number of allylic oxidation sites excluding steroid dienone is 3. The number of hydrogen-bond acceptors (Lipinski definition) is 4. The maximum absolute atomic E-state index is 12.3. The first-order valence-electron chi connectivity index (χ1n) is 16.1. The van der Waals surface area contributed by atoms with Crippen molar-refractivity contribution in [2.75, 3.05) is 6.61 Å². The van der Waals surface area contributed by atoms with Crippen LogP contribution in [0.25, 0.3) is 0 Å². The summed E-state index contributed by atoms with van der Waals surface area (Å²) in [6.45, 7) is 4.12. The van der Waals surface area contributed by atoms with Crippen LogP contribution in [0.4, 0.5) is 0 Å². The van der Waals surface area contributed by atoms with E-state index in [2.05, 4.69) is 31.3 Å². The molecule has 0 fully saturated rings. The number of aliphatic hydroxyl groups excluding tert-OH is 3. The molecule has 0 saturated heterocycles. The molecular weight excluding hydrogens is 474 g/mol. The predicted molar refractivity (Wildman–Crippen MR) is 162 cm³/mol. The van der Waals surface area contributed by atoms with Crippen LogP contribution in [0, 0.1) is 0 Å². The van der Waals surface area contributed by atoms with Gasteiger partial charge in [-0.1, -0.05) is 141 Å². The number of carbonyl (C=O) groups is 1. The van der Waals surface area contributed by atoms with E-state index in [4.69, 9.17) is 0 Å². The molecule has 0 aromatic rings. The zero-order valence-electron chi connectivity index (χ0n) is 25.1. The Morgan fingerprint density at radius 3 is 1.68 bits per heavy atom. The van der Waals surface area contributed by atoms with E-state index in [0.29, 0.717) is 6.42 Å². The predicted octanol–water partition coefficient (Wildman–Crippen LogP) is 7.92. The topological polar surface area (TPSA) is 89.8 Å². The van der Waals surface area contributed by atoms with Crippen LogP contribution in [0.15, 0.2) is 24.3 Å². The summed E-state index contributed by atoms with van der Waals surface area (Å²) in [6, 6.07) is -0.753. The smallest absolute Gasteiger partial charge is 0.222 e. The average molecular weight is 538 g/mol. The van der Waals surface area contributed by atoms with Gasteiger partial charge in [-0.05, 0) is 32.1 Å². The van der Waals surface area contributed by atoms with Gasteiger partial charge in [0.25, 0.3) is 0 Å². The molecule has 0 aliphatic rings. The van der Waals surface area contributed by atoms with Gasteiger partial charge in [0.2, 0.25) is 5.91 Å². The standard InChI is InChI=1S/C33H63NO4/c1-3-5-7-9-11-13-14-15-16-17-19-20-22-24-26-30(36)28-33(38)34-31(29-35)32(37)27-25-23-21-18-12-10-8-6-4-2/h12,18,25,27,30-32,35-37H,3-11,13-17,19-24,26,28-29H2,1-2H3,(H,34,38)/b18-12+,27-25+. The molecule has 5 nitrogen and oxygen atoms in total.